The Labute approximate surface area is 142 Å². The lowest BCUT2D eigenvalue weighted by atomic mass is 9.44. The summed E-state index contributed by atoms with van der Waals surface area (Å²) >= 11 is 0. The van der Waals surface area contributed by atoms with Crippen molar-refractivity contribution in [3.05, 3.63) is 0 Å². The van der Waals surface area contributed by atoms with Gasteiger partial charge in [0.2, 0.25) is 0 Å². The molecule has 0 unspecified atom stereocenters. The minimum absolute atomic E-state index is 0.0847. The summed E-state index contributed by atoms with van der Waals surface area (Å²) in [5, 5.41) is 10.1. The lowest BCUT2D eigenvalue weighted by Gasteiger charge is -2.60. The maximum Gasteiger partial charge on any atom is 0.133 e. The van der Waals surface area contributed by atoms with E-state index in [-0.39, 0.29) is 17.3 Å². The molecule has 0 aromatic heterocycles. The van der Waals surface area contributed by atoms with Gasteiger partial charge in [-0.15, -0.1) is 0 Å². The van der Waals surface area contributed by atoms with Gasteiger partial charge in [0.25, 0.3) is 0 Å². The van der Waals surface area contributed by atoms with Crippen LogP contribution >= 0.6 is 0 Å². The van der Waals surface area contributed by atoms with Crippen molar-refractivity contribution in [2.75, 3.05) is 0 Å². The standard InChI is InChI=1S/C21H34O2/c1-13(22)17-6-7-18-16-5-4-14-12-15(23)8-10-20(14,2)19(16)9-11-21(17,18)3/h14-19,23H,4-12H2,1-3H3/t14-,15+,16-,17+,18-,19-,20-,21+/m0/s1/i17D. The molecule has 0 heterocycles. The fourth-order valence-electron chi connectivity index (χ4n) is 7.63. The third-order valence-corrected chi connectivity index (χ3v) is 8.85. The van der Waals surface area contributed by atoms with Gasteiger partial charge in [-0.05, 0) is 99.2 Å². The Bertz CT molecular complexity index is 548. The number of rotatable bonds is 1. The van der Waals surface area contributed by atoms with E-state index >= 15 is 0 Å². The summed E-state index contributed by atoms with van der Waals surface area (Å²) < 4.78 is 8.94. The lowest BCUT2D eigenvalue weighted by molar-refractivity contribution is -0.138. The molecular weight excluding hydrogens is 284 g/mol. The van der Waals surface area contributed by atoms with E-state index in [1.807, 2.05) is 0 Å². The minimum Gasteiger partial charge on any atom is -0.393 e. The van der Waals surface area contributed by atoms with E-state index in [1.54, 1.807) is 6.92 Å². The first-order valence-electron chi connectivity index (χ1n) is 10.4. The Balaban J connectivity index is 1.65. The maximum atomic E-state index is 12.3. The maximum absolute atomic E-state index is 12.3. The summed E-state index contributed by atoms with van der Waals surface area (Å²) in [7, 11) is 0. The van der Waals surface area contributed by atoms with E-state index in [0.717, 1.165) is 38.0 Å². The normalized spacial score (nSPS) is 59.5. The van der Waals surface area contributed by atoms with Gasteiger partial charge in [-0.1, -0.05) is 13.8 Å². The van der Waals surface area contributed by atoms with Crippen LogP contribution in [0.4, 0.5) is 0 Å². The zero-order valence-electron chi connectivity index (χ0n) is 16.1. The molecule has 23 heavy (non-hydrogen) atoms. The molecule has 2 heteroatoms. The molecule has 130 valence electrons. The van der Waals surface area contributed by atoms with Gasteiger partial charge in [-0.25, -0.2) is 0 Å². The molecule has 0 aromatic rings. The summed E-state index contributed by atoms with van der Waals surface area (Å²) in [5.74, 6) is 1.93. The van der Waals surface area contributed by atoms with Gasteiger partial charge < -0.3 is 5.11 Å². The molecule has 0 aliphatic heterocycles. The number of hydrogen-bond donors (Lipinski definition) is 1. The van der Waals surface area contributed by atoms with Gasteiger partial charge in [0, 0.05) is 7.26 Å². The fourth-order valence-corrected chi connectivity index (χ4v) is 7.63. The summed E-state index contributed by atoms with van der Waals surface area (Å²) in [6.07, 6.45) is 9.63. The van der Waals surface area contributed by atoms with Crippen molar-refractivity contribution in [1.29, 1.82) is 0 Å². The zero-order chi connectivity index (χ0) is 17.3. The molecule has 0 saturated heterocycles. The molecule has 0 spiro atoms. The second-order valence-electron chi connectivity index (χ2n) is 9.61. The monoisotopic (exact) mass is 319 g/mol. The molecule has 4 fully saturated rings. The Morgan fingerprint density at radius 3 is 2.43 bits per heavy atom. The van der Waals surface area contributed by atoms with Crippen LogP contribution in [-0.4, -0.2) is 17.0 Å². The van der Waals surface area contributed by atoms with Gasteiger partial charge in [-0.3, -0.25) is 4.79 Å². The highest BCUT2D eigenvalue weighted by Gasteiger charge is 2.60. The van der Waals surface area contributed by atoms with E-state index in [9.17, 15) is 9.90 Å². The van der Waals surface area contributed by atoms with Gasteiger partial charge in [0.05, 0.1) is 6.10 Å². The number of hydrogen-bond acceptors (Lipinski definition) is 2. The molecule has 4 rings (SSSR count). The van der Waals surface area contributed by atoms with Crippen molar-refractivity contribution >= 4 is 5.78 Å². The first-order valence-corrected chi connectivity index (χ1v) is 9.91. The summed E-state index contributed by atoms with van der Waals surface area (Å²) in [6, 6.07) is 0. The van der Waals surface area contributed by atoms with Crippen LogP contribution in [0.5, 0.6) is 0 Å². The van der Waals surface area contributed by atoms with Crippen LogP contribution < -0.4 is 0 Å². The van der Waals surface area contributed by atoms with Crippen LogP contribution in [0.3, 0.4) is 0 Å². The number of aliphatic hydroxyl groups excluding tert-OH is 1. The number of carbonyl (C=O) groups excluding carboxylic acids is 1. The lowest BCUT2D eigenvalue weighted by Crippen LogP contribution is -2.54. The number of carbonyl (C=O) groups is 1. The molecule has 2 nitrogen and oxygen atoms in total. The van der Waals surface area contributed by atoms with Crippen molar-refractivity contribution in [1.82, 2.24) is 0 Å². The van der Waals surface area contributed by atoms with E-state index in [2.05, 4.69) is 13.8 Å². The highest BCUT2D eigenvalue weighted by molar-refractivity contribution is 5.79. The van der Waals surface area contributed by atoms with Gasteiger partial charge >= 0.3 is 0 Å². The molecule has 1 N–H and O–H groups in total. The van der Waals surface area contributed by atoms with E-state index in [4.69, 9.17) is 1.37 Å². The van der Waals surface area contributed by atoms with Gasteiger partial charge in [-0.2, -0.15) is 0 Å². The van der Waals surface area contributed by atoms with E-state index < -0.39 is 5.89 Å². The highest BCUT2D eigenvalue weighted by atomic mass is 16.3. The molecule has 4 aliphatic rings. The average molecular weight is 320 g/mol. The second kappa shape index (κ2) is 5.31. The van der Waals surface area contributed by atoms with Crippen molar-refractivity contribution in [2.24, 2.45) is 40.4 Å². The van der Waals surface area contributed by atoms with Crippen molar-refractivity contribution in [2.45, 2.75) is 84.7 Å². The molecule has 4 saturated carbocycles. The third-order valence-electron chi connectivity index (χ3n) is 8.85. The largest absolute Gasteiger partial charge is 0.393 e. The Kier molecular flexibility index (Phi) is 3.45. The van der Waals surface area contributed by atoms with Crippen LogP contribution in [0.2, 0.25) is 0 Å². The molecule has 0 bridgehead atoms. The van der Waals surface area contributed by atoms with Gasteiger partial charge in [0.1, 0.15) is 5.78 Å². The van der Waals surface area contributed by atoms with Crippen LogP contribution in [0.15, 0.2) is 0 Å². The first-order chi connectivity index (χ1) is 11.2. The molecule has 4 aliphatic carbocycles. The topological polar surface area (TPSA) is 37.3 Å². The summed E-state index contributed by atoms with van der Waals surface area (Å²) in [5.41, 5.74) is 0.268. The first kappa shape index (κ1) is 14.9. The van der Waals surface area contributed by atoms with E-state index in [1.165, 1.54) is 25.7 Å². The SMILES string of the molecule is [2H][C@]1(C(C)=O)CC[C@H]2[C@@H]3CC[C@H]4C[C@H](O)CC[C@]4(C)[C@H]3CC[C@@]21C. The number of ketones is 1. The third kappa shape index (κ3) is 2.19. The number of fused-ring (bicyclic) bond motifs is 5. The number of Topliss-reactive ketones (excluding diaryl/α,β-unsaturated/α-hetero) is 1. The quantitative estimate of drug-likeness (QED) is 0.767. The Hall–Kier alpha value is -0.370. The van der Waals surface area contributed by atoms with Crippen molar-refractivity contribution < 1.29 is 11.3 Å². The fraction of sp³-hybridized carbons (Fsp3) is 0.952. The van der Waals surface area contributed by atoms with Gasteiger partial charge in [0.15, 0.2) is 0 Å². The Morgan fingerprint density at radius 2 is 1.70 bits per heavy atom. The molecule has 0 aromatic carbocycles. The molecule has 8 atom stereocenters. The Morgan fingerprint density at radius 1 is 1.00 bits per heavy atom. The highest BCUT2D eigenvalue weighted by Crippen LogP contribution is 2.67. The second-order valence-corrected chi connectivity index (χ2v) is 9.61. The van der Waals surface area contributed by atoms with Crippen LogP contribution in [0.1, 0.15) is 79.9 Å². The van der Waals surface area contributed by atoms with E-state index in [0.29, 0.717) is 23.2 Å². The van der Waals surface area contributed by atoms with Crippen LogP contribution in [-0.2, 0) is 4.79 Å². The number of aliphatic hydroxyl groups is 1. The average Bonchev–Trinajstić information content (AvgIpc) is 2.81. The summed E-state index contributed by atoms with van der Waals surface area (Å²) in [6.45, 7) is 6.40. The minimum atomic E-state index is -0.844. The smallest absolute Gasteiger partial charge is 0.133 e. The van der Waals surface area contributed by atoms with Crippen molar-refractivity contribution in [3.8, 4) is 0 Å². The predicted octanol–water partition coefficient (Wildman–Crippen LogP) is 4.60. The van der Waals surface area contributed by atoms with Crippen LogP contribution in [0, 0.1) is 40.4 Å². The summed E-state index contributed by atoms with van der Waals surface area (Å²) in [4.78, 5) is 12.3. The predicted molar refractivity (Wildman–Crippen MR) is 91.9 cm³/mol. The zero-order valence-corrected chi connectivity index (χ0v) is 15.1. The van der Waals surface area contributed by atoms with Crippen LogP contribution in [0.25, 0.3) is 0 Å². The molecule has 0 radical (unpaired) electrons. The molecular formula is C21H34O2. The molecule has 0 amide bonds. The van der Waals surface area contributed by atoms with Crippen molar-refractivity contribution in [3.63, 3.8) is 0 Å².